The monoisotopic (exact) mass is 216 g/mol. The standard InChI is InChI=1S/C10H20N2OS/c11-5-4-8-14-9-10(13)12-6-2-1-3-7-12/h1-9,11H2. The van der Waals surface area contributed by atoms with Crippen LogP contribution in [-0.2, 0) is 4.79 Å². The summed E-state index contributed by atoms with van der Waals surface area (Å²) in [4.78, 5) is 13.6. The van der Waals surface area contributed by atoms with Gasteiger partial charge in [-0.2, -0.15) is 11.8 Å². The molecule has 0 aromatic rings. The van der Waals surface area contributed by atoms with Crippen LogP contribution in [0.4, 0.5) is 0 Å². The van der Waals surface area contributed by atoms with E-state index in [0.717, 1.165) is 31.8 Å². The van der Waals surface area contributed by atoms with E-state index in [-0.39, 0.29) is 0 Å². The molecule has 14 heavy (non-hydrogen) atoms. The molecule has 0 bridgehead atoms. The molecule has 1 fully saturated rings. The Labute approximate surface area is 90.4 Å². The number of rotatable bonds is 5. The van der Waals surface area contributed by atoms with Crippen molar-refractivity contribution in [1.29, 1.82) is 0 Å². The third-order valence-electron chi connectivity index (χ3n) is 2.43. The van der Waals surface area contributed by atoms with Gasteiger partial charge in [-0.1, -0.05) is 0 Å². The second kappa shape index (κ2) is 7.12. The molecule has 0 atom stereocenters. The highest BCUT2D eigenvalue weighted by atomic mass is 32.2. The fourth-order valence-corrected chi connectivity index (χ4v) is 2.45. The topological polar surface area (TPSA) is 46.3 Å². The number of thioether (sulfide) groups is 1. The molecule has 1 amide bonds. The lowest BCUT2D eigenvalue weighted by Crippen LogP contribution is -2.36. The number of carbonyl (C=O) groups is 1. The van der Waals surface area contributed by atoms with Crippen molar-refractivity contribution in [1.82, 2.24) is 4.90 Å². The average molecular weight is 216 g/mol. The number of hydrogen-bond acceptors (Lipinski definition) is 3. The van der Waals surface area contributed by atoms with Crippen LogP contribution in [0.5, 0.6) is 0 Å². The van der Waals surface area contributed by atoms with Gasteiger partial charge in [0.2, 0.25) is 5.91 Å². The first-order chi connectivity index (χ1) is 6.84. The van der Waals surface area contributed by atoms with E-state index in [1.54, 1.807) is 11.8 Å². The fraction of sp³-hybridized carbons (Fsp3) is 0.900. The first kappa shape index (κ1) is 11.9. The van der Waals surface area contributed by atoms with Crippen molar-refractivity contribution in [3.8, 4) is 0 Å². The number of carbonyl (C=O) groups excluding carboxylic acids is 1. The van der Waals surface area contributed by atoms with Crippen LogP contribution in [0.3, 0.4) is 0 Å². The van der Waals surface area contributed by atoms with Crippen LogP contribution in [0, 0.1) is 0 Å². The molecule has 1 rings (SSSR count). The highest BCUT2D eigenvalue weighted by molar-refractivity contribution is 7.99. The van der Waals surface area contributed by atoms with Gasteiger partial charge in [-0.25, -0.2) is 0 Å². The lowest BCUT2D eigenvalue weighted by molar-refractivity contribution is -0.129. The highest BCUT2D eigenvalue weighted by Crippen LogP contribution is 2.11. The van der Waals surface area contributed by atoms with Crippen molar-refractivity contribution in [3.63, 3.8) is 0 Å². The van der Waals surface area contributed by atoms with Crippen LogP contribution >= 0.6 is 11.8 Å². The summed E-state index contributed by atoms with van der Waals surface area (Å²) < 4.78 is 0. The van der Waals surface area contributed by atoms with Crippen molar-refractivity contribution in [3.05, 3.63) is 0 Å². The van der Waals surface area contributed by atoms with E-state index >= 15 is 0 Å². The van der Waals surface area contributed by atoms with E-state index in [4.69, 9.17) is 5.73 Å². The predicted octanol–water partition coefficient (Wildman–Crippen LogP) is 1.08. The van der Waals surface area contributed by atoms with Gasteiger partial charge >= 0.3 is 0 Å². The Kier molecular flexibility index (Phi) is 6.03. The number of nitrogens with two attached hydrogens (primary N) is 1. The lowest BCUT2D eigenvalue weighted by atomic mass is 10.1. The number of piperidine rings is 1. The minimum absolute atomic E-state index is 0.312. The van der Waals surface area contributed by atoms with Gasteiger partial charge in [0.15, 0.2) is 0 Å². The van der Waals surface area contributed by atoms with Crippen LogP contribution in [0.25, 0.3) is 0 Å². The Morgan fingerprint density at radius 2 is 2.00 bits per heavy atom. The Balaban J connectivity index is 2.07. The molecule has 0 aromatic heterocycles. The summed E-state index contributed by atoms with van der Waals surface area (Å²) >= 11 is 1.71. The Morgan fingerprint density at radius 3 is 2.64 bits per heavy atom. The molecule has 2 N–H and O–H groups in total. The molecular formula is C10H20N2OS. The van der Waals surface area contributed by atoms with Crippen LogP contribution in [0.15, 0.2) is 0 Å². The van der Waals surface area contributed by atoms with E-state index in [1.807, 2.05) is 4.90 Å². The van der Waals surface area contributed by atoms with E-state index in [1.165, 1.54) is 19.3 Å². The first-order valence-electron chi connectivity index (χ1n) is 5.40. The zero-order valence-electron chi connectivity index (χ0n) is 8.71. The number of amides is 1. The third kappa shape index (κ3) is 4.33. The Morgan fingerprint density at radius 1 is 1.29 bits per heavy atom. The minimum Gasteiger partial charge on any atom is -0.342 e. The van der Waals surface area contributed by atoms with E-state index < -0.39 is 0 Å². The van der Waals surface area contributed by atoms with Crippen molar-refractivity contribution in [2.75, 3.05) is 31.1 Å². The average Bonchev–Trinajstić information content (AvgIpc) is 2.25. The van der Waals surface area contributed by atoms with Crippen molar-refractivity contribution in [2.24, 2.45) is 5.73 Å². The molecule has 0 unspecified atom stereocenters. The minimum atomic E-state index is 0.312. The molecule has 0 spiro atoms. The highest BCUT2D eigenvalue weighted by Gasteiger charge is 2.15. The van der Waals surface area contributed by atoms with Gasteiger partial charge in [0, 0.05) is 13.1 Å². The van der Waals surface area contributed by atoms with Gasteiger partial charge in [0.05, 0.1) is 5.75 Å². The maximum atomic E-state index is 11.6. The van der Waals surface area contributed by atoms with Gasteiger partial charge in [0.1, 0.15) is 0 Å². The van der Waals surface area contributed by atoms with Crippen LogP contribution in [-0.4, -0.2) is 41.9 Å². The molecule has 82 valence electrons. The normalized spacial score (nSPS) is 17.1. The van der Waals surface area contributed by atoms with Crippen LogP contribution < -0.4 is 5.73 Å². The van der Waals surface area contributed by atoms with E-state index in [0.29, 0.717) is 11.7 Å². The molecule has 0 aliphatic carbocycles. The zero-order valence-corrected chi connectivity index (χ0v) is 9.52. The van der Waals surface area contributed by atoms with E-state index in [2.05, 4.69) is 0 Å². The predicted molar refractivity (Wildman–Crippen MR) is 61.4 cm³/mol. The fourth-order valence-electron chi connectivity index (χ4n) is 1.58. The second-order valence-corrected chi connectivity index (χ2v) is 4.74. The molecule has 1 heterocycles. The first-order valence-corrected chi connectivity index (χ1v) is 6.55. The molecule has 1 aliphatic heterocycles. The van der Waals surface area contributed by atoms with Gasteiger partial charge < -0.3 is 10.6 Å². The van der Waals surface area contributed by atoms with Crippen molar-refractivity contribution in [2.45, 2.75) is 25.7 Å². The SMILES string of the molecule is NCCCSCC(=O)N1CCCCC1. The largest absolute Gasteiger partial charge is 0.342 e. The van der Waals surface area contributed by atoms with E-state index in [9.17, 15) is 4.79 Å². The van der Waals surface area contributed by atoms with Crippen molar-refractivity contribution < 1.29 is 4.79 Å². The number of nitrogens with zero attached hydrogens (tertiary/aromatic N) is 1. The Hall–Kier alpha value is -0.220. The second-order valence-electron chi connectivity index (χ2n) is 3.64. The summed E-state index contributed by atoms with van der Waals surface area (Å²) in [5.41, 5.74) is 5.38. The van der Waals surface area contributed by atoms with Gasteiger partial charge in [-0.3, -0.25) is 4.79 Å². The molecule has 0 radical (unpaired) electrons. The van der Waals surface area contributed by atoms with Gasteiger partial charge in [-0.15, -0.1) is 0 Å². The molecule has 1 aliphatic rings. The number of hydrogen-bond donors (Lipinski definition) is 1. The lowest BCUT2D eigenvalue weighted by Gasteiger charge is -2.26. The quantitative estimate of drug-likeness (QED) is 0.700. The molecule has 3 nitrogen and oxygen atoms in total. The molecule has 4 heteroatoms. The Bertz CT molecular complexity index is 170. The van der Waals surface area contributed by atoms with Crippen molar-refractivity contribution >= 4 is 17.7 Å². The smallest absolute Gasteiger partial charge is 0.232 e. The van der Waals surface area contributed by atoms with Gasteiger partial charge in [0.25, 0.3) is 0 Å². The number of likely N-dealkylation sites (tertiary alicyclic amines) is 1. The third-order valence-corrected chi connectivity index (χ3v) is 3.46. The summed E-state index contributed by atoms with van der Waals surface area (Å²) in [5, 5.41) is 0. The summed E-state index contributed by atoms with van der Waals surface area (Å²) in [7, 11) is 0. The summed E-state index contributed by atoms with van der Waals surface area (Å²) in [6.07, 6.45) is 4.65. The summed E-state index contributed by atoms with van der Waals surface area (Å²) in [6, 6.07) is 0. The van der Waals surface area contributed by atoms with Crippen LogP contribution in [0.2, 0.25) is 0 Å². The van der Waals surface area contributed by atoms with Gasteiger partial charge in [-0.05, 0) is 38.0 Å². The molecule has 1 saturated heterocycles. The summed E-state index contributed by atoms with van der Waals surface area (Å²) in [6.45, 7) is 2.66. The molecular weight excluding hydrogens is 196 g/mol. The maximum absolute atomic E-state index is 11.6. The summed E-state index contributed by atoms with van der Waals surface area (Å²) in [5.74, 6) is 1.96. The maximum Gasteiger partial charge on any atom is 0.232 e. The molecule has 0 saturated carbocycles. The zero-order chi connectivity index (χ0) is 10.2. The van der Waals surface area contributed by atoms with Crippen LogP contribution in [0.1, 0.15) is 25.7 Å². The molecule has 0 aromatic carbocycles.